The molecule has 186 valence electrons. The van der Waals surface area contributed by atoms with Crippen molar-refractivity contribution in [3.05, 3.63) is 113 Å². The summed E-state index contributed by atoms with van der Waals surface area (Å²) in [7, 11) is 1.37. The Hall–Kier alpha value is -4.22. The molecule has 0 saturated carbocycles. The third-order valence-electron chi connectivity index (χ3n) is 6.92. The molecular weight excluding hydrogens is 480 g/mol. The van der Waals surface area contributed by atoms with E-state index < -0.39 is 20.3 Å². The third-order valence-corrected chi connectivity index (χ3v) is 6.92. The molecule has 0 amide bonds. The van der Waals surface area contributed by atoms with Crippen LogP contribution in [0.15, 0.2) is 84.9 Å². The number of hydrogen-bond acceptors (Lipinski definition) is 7. The highest BCUT2D eigenvalue weighted by Gasteiger charge is 2.41. The first kappa shape index (κ1) is 24.1. The van der Waals surface area contributed by atoms with Crippen LogP contribution in [0.4, 0.5) is 0 Å². The topological polar surface area (TPSA) is 90.2 Å². The molecule has 0 aromatic heterocycles. The minimum atomic E-state index is -1.09. The van der Waals surface area contributed by atoms with Crippen LogP contribution < -0.4 is 25.1 Å². The second-order valence-electron chi connectivity index (χ2n) is 9.11. The van der Waals surface area contributed by atoms with E-state index in [0.29, 0.717) is 28.3 Å². The van der Waals surface area contributed by atoms with Crippen molar-refractivity contribution in [3.63, 3.8) is 0 Å². The van der Waals surface area contributed by atoms with E-state index >= 15 is 0 Å². The predicted molar refractivity (Wildman–Crippen MR) is 143 cm³/mol. The summed E-state index contributed by atoms with van der Waals surface area (Å²) in [5.74, 6) is 1.67. The smallest absolute Gasteiger partial charge is 0.532 e. The molecule has 0 radical (unpaired) electrons. The van der Waals surface area contributed by atoms with Gasteiger partial charge in [0.1, 0.15) is 5.75 Å². The molecule has 0 aliphatic carbocycles. The summed E-state index contributed by atoms with van der Waals surface area (Å²) in [6, 6.07) is 28.7. The summed E-state index contributed by atoms with van der Waals surface area (Å²) in [6.07, 6.45) is -0.870. The minimum absolute atomic E-state index is 0.352. The molecule has 1 N–H and O–H groups in total. The SMILES string of the molecule is COc1cc2c(cc1OC)C(c1cccc(OB3OC(c4ccccc4)c4cc(C#N)ccc43)c1)OB2O. The lowest BCUT2D eigenvalue weighted by Crippen LogP contribution is -2.35. The van der Waals surface area contributed by atoms with Gasteiger partial charge in [-0.05, 0) is 64.1 Å². The van der Waals surface area contributed by atoms with Crippen molar-refractivity contribution in [3.8, 4) is 23.3 Å². The molecule has 0 fully saturated rings. The van der Waals surface area contributed by atoms with Crippen LogP contribution in [0.25, 0.3) is 0 Å². The van der Waals surface area contributed by atoms with Crippen LogP contribution in [0, 0.1) is 11.3 Å². The number of fused-ring (bicyclic) bond motifs is 2. The quantitative estimate of drug-likeness (QED) is 0.404. The van der Waals surface area contributed by atoms with E-state index in [0.717, 1.165) is 27.7 Å². The van der Waals surface area contributed by atoms with Crippen LogP contribution in [-0.4, -0.2) is 33.5 Å². The van der Waals surface area contributed by atoms with E-state index in [1.807, 2.05) is 72.8 Å². The summed E-state index contributed by atoms with van der Waals surface area (Å²) in [4.78, 5) is 0. The highest BCUT2D eigenvalue weighted by Crippen LogP contribution is 2.38. The van der Waals surface area contributed by atoms with Gasteiger partial charge in [0, 0.05) is 5.46 Å². The lowest BCUT2D eigenvalue weighted by Gasteiger charge is -2.17. The molecule has 2 heterocycles. The van der Waals surface area contributed by atoms with Gasteiger partial charge in [0.15, 0.2) is 11.5 Å². The maximum atomic E-state index is 10.6. The Labute approximate surface area is 221 Å². The number of nitriles is 1. The normalized spacial score (nSPS) is 17.5. The van der Waals surface area contributed by atoms with Crippen LogP contribution in [0.2, 0.25) is 0 Å². The summed E-state index contributed by atoms with van der Waals surface area (Å²) >= 11 is 0. The Bertz CT molecular complexity index is 1540. The van der Waals surface area contributed by atoms with Gasteiger partial charge in [0.25, 0.3) is 0 Å². The zero-order chi connectivity index (χ0) is 26.2. The first-order valence-electron chi connectivity index (χ1n) is 12.2. The molecule has 0 spiro atoms. The molecule has 9 heteroatoms. The molecule has 4 aromatic rings. The average molecular weight is 503 g/mol. The Morgan fingerprint density at radius 3 is 2.24 bits per heavy atom. The number of methoxy groups -OCH3 is 2. The van der Waals surface area contributed by atoms with Crippen LogP contribution in [-0.2, 0) is 9.31 Å². The molecule has 0 saturated heterocycles. The van der Waals surface area contributed by atoms with Crippen molar-refractivity contribution in [2.24, 2.45) is 0 Å². The van der Waals surface area contributed by atoms with Crippen molar-refractivity contribution in [2.45, 2.75) is 12.2 Å². The van der Waals surface area contributed by atoms with Crippen molar-refractivity contribution in [1.29, 1.82) is 5.26 Å². The summed E-state index contributed by atoms with van der Waals surface area (Å²) in [6.45, 7) is 0. The number of hydrogen-bond donors (Lipinski definition) is 1. The van der Waals surface area contributed by atoms with Gasteiger partial charge in [0.05, 0.1) is 38.1 Å². The fourth-order valence-corrected chi connectivity index (χ4v) is 5.09. The van der Waals surface area contributed by atoms with E-state index in [9.17, 15) is 10.3 Å². The molecule has 38 heavy (non-hydrogen) atoms. The monoisotopic (exact) mass is 503 g/mol. The highest BCUT2D eigenvalue weighted by atomic mass is 16.6. The molecule has 2 aliphatic heterocycles. The fourth-order valence-electron chi connectivity index (χ4n) is 5.09. The first-order valence-corrected chi connectivity index (χ1v) is 12.2. The van der Waals surface area contributed by atoms with Gasteiger partial charge in [0.2, 0.25) is 0 Å². The molecular formula is C29H23B2NO6. The number of benzene rings is 4. The zero-order valence-corrected chi connectivity index (χ0v) is 20.8. The van der Waals surface area contributed by atoms with E-state index in [4.69, 9.17) is 23.4 Å². The van der Waals surface area contributed by atoms with Gasteiger partial charge in [-0.15, -0.1) is 0 Å². The van der Waals surface area contributed by atoms with Gasteiger partial charge in [-0.2, -0.15) is 5.26 Å². The Kier molecular flexibility index (Phi) is 6.30. The second-order valence-corrected chi connectivity index (χ2v) is 9.11. The molecule has 4 aromatic carbocycles. The Morgan fingerprint density at radius 2 is 1.47 bits per heavy atom. The van der Waals surface area contributed by atoms with Crippen molar-refractivity contribution in [1.82, 2.24) is 0 Å². The molecule has 0 bridgehead atoms. The Morgan fingerprint density at radius 1 is 0.763 bits per heavy atom. The summed E-state index contributed by atoms with van der Waals surface area (Å²) in [5.41, 5.74) is 5.57. The average Bonchev–Trinajstić information content (AvgIpc) is 3.49. The zero-order valence-electron chi connectivity index (χ0n) is 20.8. The number of nitrogens with zero attached hydrogens (tertiary/aromatic N) is 1. The summed E-state index contributed by atoms with van der Waals surface area (Å²) < 4.78 is 29.5. The predicted octanol–water partition coefficient (Wildman–Crippen LogP) is 3.28. The summed E-state index contributed by atoms with van der Waals surface area (Å²) in [5, 5.41) is 20.0. The van der Waals surface area contributed by atoms with Crippen LogP contribution in [0.1, 0.15) is 40.0 Å². The fraction of sp³-hybridized carbons (Fsp3) is 0.138. The van der Waals surface area contributed by atoms with Crippen LogP contribution in [0.3, 0.4) is 0 Å². The number of rotatable bonds is 6. The van der Waals surface area contributed by atoms with Crippen molar-refractivity contribution in [2.75, 3.05) is 14.2 Å². The van der Waals surface area contributed by atoms with E-state index in [1.54, 1.807) is 26.4 Å². The highest BCUT2D eigenvalue weighted by molar-refractivity contribution is 6.64. The Balaban J connectivity index is 1.31. The maximum absolute atomic E-state index is 10.6. The lowest BCUT2D eigenvalue weighted by atomic mass is 9.77. The molecule has 2 aliphatic rings. The largest absolute Gasteiger partial charge is 0.563 e. The lowest BCUT2D eigenvalue weighted by molar-refractivity contribution is 0.224. The minimum Gasteiger partial charge on any atom is -0.532 e. The van der Waals surface area contributed by atoms with Crippen molar-refractivity contribution < 1.29 is 28.5 Å². The third kappa shape index (κ3) is 4.19. The number of ether oxygens (including phenoxy) is 2. The van der Waals surface area contributed by atoms with E-state index in [2.05, 4.69) is 6.07 Å². The van der Waals surface area contributed by atoms with E-state index in [-0.39, 0.29) is 6.10 Å². The van der Waals surface area contributed by atoms with Gasteiger partial charge in [-0.25, -0.2) is 0 Å². The van der Waals surface area contributed by atoms with Crippen LogP contribution >= 0.6 is 0 Å². The van der Waals surface area contributed by atoms with Crippen LogP contribution in [0.5, 0.6) is 17.2 Å². The maximum Gasteiger partial charge on any atom is 0.563 e. The van der Waals surface area contributed by atoms with Gasteiger partial charge in [-0.1, -0.05) is 48.5 Å². The van der Waals surface area contributed by atoms with Crippen molar-refractivity contribution >= 4 is 25.2 Å². The van der Waals surface area contributed by atoms with Gasteiger partial charge >= 0.3 is 14.2 Å². The van der Waals surface area contributed by atoms with Gasteiger partial charge < -0.3 is 28.5 Å². The first-order chi connectivity index (χ1) is 18.6. The second kappa shape index (κ2) is 9.92. The molecule has 6 rings (SSSR count). The van der Waals surface area contributed by atoms with E-state index in [1.165, 1.54) is 0 Å². The molecule has 2 atom stereocenters. The van der Waals surface area contributed by atoms with Gasteiger partial charge in [-0.3, -0.25) is 0 Å². The standard InChI is InChI=1S/C29H23B2NO6/c1-34-26-15-23-25(16-27(26)35-2)30(33)37-29(23)20-9-6-10-21(14-20)36-31-24-12-11-18(17-32)13-22(24)28(38-31)19-7-4-3-5-8-19/h3-16,28-29,33H,1-2H3. The molecule has 7 nitrogen and oxygen atoms in total. The molecule has 2 unspecified atom stereocenters.